The first-order chi connectivity index (χ1) is 8.75. The van der Waals surface area contributed by atoms with Crippen LogP contribution in [0.25, 0.3) is 0 Å². The number of nitrogens with two attached hydrogens (primary N) is 1. The molecule has 1 aromatic rings. The van der Waals surface area contributed by atoms with Crippen LogP contribution in [0.3, 0.4) is 0 Å². The van der Waals surface area contributed by atoms with Gasteiger partial charge in [0.1, 0.15) is 17.5 Å². The SMILES string of the molecule is Cc1nc(NN)c(C)c(NCC(C)(C)CN(C)C)n1. The third kappa shape index (κ3) is 4.65. The molecule has 1 heterocycles. The summed E-state index contributed by atoms with van der Waals surface area (Å²) >= 11 is 0. The van der Waals surface area contributed by atoms with E-state index in [2.05, 4.69) is 53.6 Å². The number of nitrogen functional groups attached to an aromatic ring is 1. The van der Waals surface area contributed by atoms with Crippen LogP contribution >= 0.6 is 0 Å². The zero-order chi connectivity index (χ0) is 14.6. The first-order valence-electron chi connectivity index (χ1n) is 6.45. The van der Waals surface area contributed by atoms with E-state index in [0.717, 1.165) is 24.5 Å². The lowest BCUT2D eigenvalue weighted by Crippen LogP contribution is -2.34. The Kier molecular flexibility index (Phi) is 5.08. The lowest BCUT2D eigenvalue weighted by atomic mass is 9.93. The van der Waals surface area contributed by atoms with Crippen LogP contribution in [0.2, 0.25) is 0 Å². The number of anilines is 2. The van der Waals surface area contributed by atoms with Crippen molar-refractivity contribution in [2.75, 3.05) is 37.9 Å². The molecule has 0 fully saturated rings. The number of hydrazine groups is 1. The maximum atomic E-state index is 5.46. The third-order valence-corrected chi connectivity index (χ3v) is 2.87. The monoisotopic (exact) mass is 266 g/mol. The van der Waals surface area contributed by atoms with Gasteiger partial charge in [0.05, 0.1) is 0 Å². The average molecular weight is 266 g/mol. The minimum Gasteiger partial charge on any atom is -0.369 e. The van der Waals surface area contributed by atoms with E-state index in [-0.39, 0.29) is 5.41 Å². The van der Waals surface area contributed by atoms with E-state index in [1.54, 1.807) is 0 Å². The first kappa shape index (κ1) is 15.7. The molecule has 0 radical (unpaired) electrons. The van der Waals surface area contributed by atoms with Crippen molar-refractivity contribution in [2.45, 2.75) is 27.7 Å². The van der Waals surface area contributed by atoms with Crippen molar-refractivity contribution in [2.24, 2.45) is 11.3 Å². The Bertz CT molecular complexity index is 427. The second-order valence-electron chi connectivity index (χ2n) is 5.99. The Labute approximate surface area is 115 Å². The molecule has 4 N–H and O–H groups in total. The normalized spacial score (nSPS) is 11.8. The summed E-state index contributed by atoms with van der Waals surface area (Å²) in [7, 11) is 4.16. The molecule has 1 rings (SSSR count). The van der Waals surface area contributed by atoms with E-state index in [4.69, 9.17) is 5.84 Å². The molecule has 0 unspecified atom stereocenters. The van der Waals surface area contributed by atoms with Crippen LogP contribution in [-0.2, 0) is 0 Å². The summed E-state index contributed by atoms with van der Waals surface area (Å²) < 4.78 is 0. The zero-order valence-corrected chi connectivity index (χ0v) is 12.8. The van der Waals surface area contributed by atoms with E-state index in [1.807, 2.05) is 13.8 Å². The number of aryl methyl sites for hydroxylation is 1. The number of rotatable bonds is 6. The number of nitrogens with zero attached hydrogens (tertiary/aromatic N) is 3. The van der Waals surface area contributed by atoms with Crippen LogP contribution in [0.5, 0.6) is 0 Å². The summed E-state index contributed by atoms with van der Waals surface area (Å²) in [6, 6.07) is 0. The van der Waals surface area contributed by atoms with Gasteiger partial charge in [-0.3, -0.25) is 0 Å². The van der Waals surface area contributed by atoms with Gasteiger partial charge >= 0.3 is 0 Å². The Morgan fingerprint density at radius 2 is 1.74 bits per heavy atom. The van der Waals surface area contributed by atoms with Crippen LogP contribution < -0.4 is 16.6 Å². The van der Waals surface area contributed by atoms with Gasteiger partial charge in [-0.2, -0.15) is 0 Å². The molecule has 0 saturated carbocycles. The molecule has 6 heteroatoms. The predicted octanol–water partition coefficient (Wildman–Crippen LogP) is 1.38. The maximum absolute atomic E-state index is 5.46. The fourth-order valence-corrected chi connectivity index (χ4v) is 2.18. The van der Waals surface area contributed by atoms with Crippen molar-refractivity contribution in [3.05, 3.63) is 11.4 Å². The topological polar surface area (TPSA) is 79.1 Å². The van der Waals surface area contributed by atoms with Crippen molar-refractivity contribution >= 4 is 11.6 Å². The molecule has 0 atom stereocenters. The van der Waals surface area contributed by atoms with Crippen LogP contribution in [0, 0.1) is 19.3 Å². The van der Waals surface area contributed by atoms with Crippen molar-refractivity contribution in [1.82, 2.24) is 14.9 Å². The largest absolute Gasteiger partial charge is 0.369 e. The molecular formula is C13H26N6. The van der Waals surface area contributed by atoms with Gasteiger partial charge in [0.15, 0.2) is 0 Å². The number of hydrogen-bond donors (Lipinski definition) is 3. The molecular weight excluding hydrogens is 240 g/mol. The highest BCUT2D eigenvalue weighted by atomic mass is 15.3. The number of hydrogen-bond acceptors (Lipinski definition) is 6. The van der Waals surface area contributed by atoms with Crippen LogP contribution in [0.15, 0.2) is 0 Å². The minimum absolute atomic E-state index is 0.158. The average Bonchev–Trinajstić information content (AvgIpc) is 2.28. The summed E-state index contributed by atoms with van der Waals surface area (Å²) in [5, 5.41) is 3.40. The van der Waals surface area contributed by atoms with E-state index in [0.29, 0.717) is 11.6 Å². The Balaban J connectivity index is 2.80. The molecule has 1 aromatic heterocycles. The van der Waals surface area contributed by atoms with Crippen LogP contribution in [-0.4, -0.2) is 42.1 Å². The lowest BCUT2D eigenvalue weighted by Gasteiger charge is -2.29. The molecule has 0 aromatic carbocycles. The molecule has 6 nitrogen and oxygen atoms in total. The van der Waals surface area contributed by atoms with Crippen molar-refractivity contribution in [3.63, 3.8) is 0 Å². The molecule has 0 amide bonds. The van der Waals surface area contributed by atoms with E-state index in [1.165, 1.54) is 0 Å². The Morgan fingerprint density at radius 1 is 1.16 bits per heavy atom. The zero-order valence-electron chi connectivity index (χ0n) is 12.8. The highest BCUT2D eigenvalue weighted by Gasteiger charge is 2.19. The molecule has 0 aliphatic heterocycles. The summed E-state index contributed by atoms with van der Waals surface area (Å²) in [6.45, 7) is 10.1. The van der Waals surface area contributed by atoms with Crippen LogP contribution in [0.4, 0.5) is 11.6 Å². The van der Waals surface area contributed by atoms with Crippen molar-refractivity contribution in [3.8, 4) is 0 Å². The summed E-state index contributed by atoms with van der Waals surface area (Å²) in [6.07, 6.45) is 0. The van der Waals surface area contributed by atoms with E-state index < -0.39 is 0 Å². The highest BCUT2D eigenvalue weighted by Crippen LogP contribution is 2.22. The number of nitrogens with one attached hydrogen (secondary N) is 2. The minimum atomic E-state index is 0.158. The second kappa shape index (κ2) is 6.16. The van der Waals surface area contributed by atoms with Gasteiger partial charge in [-0.25, -0.2) is 15.8 Å². The van der Waals surface area contributed by atoms with Gasteiger partial charge in [0, 0.05) is 18.7 Å². The summed E-state index contributed by atoms with van der Waals surface area (Å²) in [4.78, 5) is 10.9. The van der Waals surface area contributed by atoms with Crippen molar-refractivity contribution < 1.29 is 0 Å². The Morgan fingerprint density at radius 3 is 2.26 bits per heavy atom. The third-order valence-electron chi connectivity index (χ3n) is 2.87. The van der Waals surface area contributed by atoms with Gasteiger partial charge in [-0.15, -0.1) is 0 Å². The number of aromatic nitrogens is 2. The summed E-state index contributed by atoms with van der Waals surface area (Å²) in [5.74, 6) is 7.67. The van der Waals surface area contributed by atoms with E-state index in [9.17, 15) is 0 Å². The van der Waals surface area contributed by atoms with Gasteiger partial charge in [0.25, 0.3) is 0 Å². The molecule has 0 spiro atoms. The fraction of sp³-hybridized carbons (Fsp3) is 0.692. The standard InChI is InChI=1S/C13H26N6/c1-9-11(16-10(2)17-12(9)18-14)15-7-13(3,4)8-19(5)6/h7-8,14H2,1-6H3,(H2,15,16,17,18). The first-order valence-corrected chi connectivity index (χ1v) is 6.45. The molecule has 108 valence electrons. The molecule has 19 heavy (non-hydrogen) atoms. The van der Waals surface area contributed by atoms with Crippen LogP contribution in [0.1, 0.15) is 25.2 Å². The molecule has 0 saturated heterocycles. The maximum Gasteiger partial charge on any atom is 0.148 e. The van der Waals surface area contributed by atoms with Gasteiger partial charge in [-0.1, -0.05) is 13.8 Å². The summed E-state index contributed by atoms with van der Waals surface area (Å²) in [5.41, 5.74) is 3.70. The molecule has 0 aliphatic rings. The van der Waals surface area contributed by atoms with Crippen molar-refractivity contribution in [1.29, 1.82) is 0 Å². The second-order valence-corrected chi connectivity index (χ2v) is 5.99. The highest BCUT2D eigenvalue weighted by molar-refractivity contribution is 5.56. The van der Waals surface area contributed by atoms with E-state index >= 15 is 0 Å². The van der Waals surface area contributed by atoms with Gasteiger partial charge < -0.3 is 15.6 Å². The fourth-order valence-electron chi connectivity index (χ4n) is 2.18. The Hall–Kier alpha value is -1.40. The smallest absolute Gasteiger partial charge is 0.148 e. The van der Waals surface area contributed by atoms with Gasteiger partial charge in [0.2, 0.25) is 0 Å². The van der Waals surface area contributed by atoms with Gasteiger partial charge in [-0.05, 0) is 33.4 Å². The molecule has 0 aliphatic carbocycles. The quantitative estimate of drug-likeness (QED) is 0.533. The lowest BCUT2D eigenvalue weighted by molar-refractivity contribution is 0.254. The predicted molar refractivity (Wildman–Crippen MR) is 80.1 cm³/mol. The molecule has 0 bridgehead atoms.